The first-order chi connectivity index (χ1) is 18.5. The molecule has 0 bridgehead atoms. The van der Waals surface area contributed by atoms with Gasteiger partial charge in [-0.05, 0) is 57.7 Å². The Morgan fingerprint density at radius 3 is 2.87 bits per heavy atom. The zero-order valence-corrected chi connectivity index (χ0v) is 22.1. The molecule has 0 radical (unpaired) electrons. The number of nitrogens with zero attached hydrogens (tertiary/aromatic N) is 5. The molecule has 3 aromatic heterocycles. The number of aromatic amines is 2. The van der Waals surface area contributed by atoms with Crippen LogP contribution in [-0.2, 0) is 4.79 Å². The molecule has 11 nitrogen and oxygen atoms in total. The highest BCUT2D eigenvalue weighted by atomic mass is 32.2. The molecule has 2 aliphatic heterocycles. The van der Waals surface area contributed by atoms with Gasteiger partial charge in [-0.2, -0.15) is 9.61 Å². The molecule has 12 heteroatoms. The molecule has 38 heavy (non-hydrogen) atoms. The van der Waals surface area contributed by atoms with Crippen molar-refractivity contribution in [3.05, 3.63) is 55.8 Å². The van der Waals surface area contributed by atoms with Gasteiger partial charge >= 0.3 is 5.69 Å². The van der Waals surface area contributed by atoms with Crippen LogP contribution in [0.4, 0.5) is 0 Å². The molecule has 2 unspecified atom stereocenters. The van der Waals surface area contributed by atoms with Crippen LogP contribution in [0.5, 0.6) is 5.88 Å². The van der Waals surface area contributed by atoms with Crippen LogP contribution in [0.3, 0.4) is 0 Å². The van der Waals surface area contributed by atoms with E-state index in [2.05, 4.69) is 32.2 Å². The summed E-state index contributed by atoms with van der Waals surface area (Å²) in [5, 5.41) is 18.4. The second kappa shape index (κ2) is 10.4. The molecule has 0 spiro atoms. The first-order valence-electron chi connectivity index (χ1n) is 13.3. The number of aromatic nitrogens is 5. The van der Waals surface area contributed by atoms with Gasteiger partial charge in [0.05, 0.1) is 28.1 Å². The van der Waals surface area contributed by atoms with Gasteiger partial charge in [-0.15, -0.1) is 11.8 Å². The minimum absolute atomic E-state index is 0.0159. The highest BCUT2D eigenvalue weighted by molar-refractivity contribution is 8.04. The van der Waals surface area contributed by atoms with Gasteiger partial charge in [0.15, 0.2) is 11.1 Å². The van der Waals surface area contributed by atoms with Gasteiger partial charge in [-0.1, -0.05) is 13.0 Å². The third-order valence-electron chi connectivity index (χ3n) is 7.24. The number of rotatable bonds is 8. The molecule has 2 atom stereocenters. The van der Waals surface area contributed by atoms with Crippen molar-refractivity contribution in [2.45, 2.75) is 62.8 Å². The van der Waals surface area contributed by atoms with Crippen molar-refractivity contribution in [1.82, 2.24) is 34.8 Å². The van der Waals surface area contributed by atoms with Gasteiger partial charge in [0, 0.05) is 23.9 Å². The number of likely N-dealkylation sites (tertiary alicyclic amines) is 1. The van der Waals surface area contributed by atoms with E-state index in [9.17, 15) is 14.7 Å². The number of hydrogen-bond acceptors (Lipinski definition) is 8. The molecule has 1 saturated heterocycles. The number of fused-ring (bicyclic) bond motifs is 1. The van der Waals surface area contributed by atoms with Gasteiger partial charge in [0.25, 0.3) is 5.91 Å². The molecule has 0 aromatic carbocycles. The summed E-state index contributed by atoms with van der Waals surface area (Å²) in [5.74, 6) is -0.257. The van der Waals surface area contributed by atoms with Crippen molar-refractivity contribution in [2.75, 3.05) is 19.6 Å². The maximum Gasteiger partial charge on any atom is 0.326 e. The maximum atomic E-state index is 13.1. The molecule has 4 N–H and O–H groups in total. The minimum Gasteiger partial charge on any atom is -0.493 e. The van der Waals surface area contributed by atoms with E-state index in [1.54, 1.807) is 16.8 Å². The maximum absolute atomic E-state index is 13.1. The number of thioether (sulfide) groups is 1. The topological polar surface area (TPSA) is 144 Å². The van der Waals surface area contributed by atoms with Crippen LogP contribution < -0.4 is 21.7 Å². The summed E-state index contributed by atoms with van der Waals surface area (Å²) in [6.45, 7) is 5.24. The van der Waals surface area contributed by atoms with Crippen LogP contribution in [0.15, 0.2) is 33.0 Å². The van der Waals surface area contributed by atoms with Gasteiger partial charge < -0.3 is 20.3 Å². The second-order valence-corrected chi connectivity index (χ2v) is 11.5. The Balaban J connectivity index is 1.26. The summed E-state index contributed by atoms with van der Waals surface area (Å²) in [6, 6.07) is 2.39. The average molecular weight is 537 g/mol. The zero-order chi connectivity index (χ0) is 26.2. The number of allylic oxidation sites excluding steroid dienone is 1. The lowest BCUT2D eigenvalue weighted by atomic mass is 10.2. The first kappa shape index (κ1) is 24.9. The third kappa shape index (κ3) is 5.28. The van der Waals surface area contributed by atoms with Gasteiger partial charge in [-0.3, -0.25) is 14.8 Å². The third-order valence-corrected chi connectivity index (χ3v) is 8.57. The largest absolute Gasteiger partial charge is 0.493 e. The number of H-pyrrole nitrogens is 2. The molecule has 3 aromatic rings. The van der Waals surface area contributed by atoms with Crippen LogP contribution in [0, 0.1) is 0 Å². The smallest absolute Gasteiger partial charge is 0.326 e. The first-order valence-corrected chi connectivity index (χ1v) is 14.2. The predicted molar refractivity (Wildman–Crippen MR) is 144 cm³/mol. The van der Waals surface area contributed by atoms with Gasteiger partial charge in [0.1, 0.15) is 5.69 Å². The number of imidazole rings is 1. The van der Waals surface area contributed by atoms with E-state index >= 15 is 0 Å². The van der Waals surface area contributed by atoms with E-state index in [-0.39, 0.29) is 34.8 Å². The lowest BCUT2D eigenvalue weighted by Gasteiger charge is -2.23. The lowest BCUT2D eigenvalue weighted by Crippen LogP contribution is -2.42. The Bertz CT molecular complexity index is 1560. The van der Waals surface area contributed by atoms with Crippen molar-refractivity contribution in [3.63, 3.8) is 0 Å². The SMILES string of the molecule is CCC(CN1CCCC1)NC(=O)C1=CCC(c2cc(=NC3CC3)n3ncc(=Cc4[nH]c(=O)[nH]c4O)c3n2)S1. The second-order valence-electron chi connectivity index (χ2n) is 10.2. The van der Waals surface area contributed by atoms with Crippen molar-refractivity contribution < 1.29 is 9.90 Å². The molecule has 1 aliphatic carbocycles. The summed E-state index contributed by atoms with van der Waals surface area (Å²) < 4.78 is 1.69. The number of hydrogen-bond donors (Lipinski definition) is 4. The molecule has 2 fully saturated rings. The normalized spacial score (nSPS) is 21.9. The Labute approximate surface area is 223 Å². The summed E-state index contributed by atoms with van der Waals surface area (Å²) in [6.07, 6.45) is 11.5. The van der Waals surface area contributed by atoms with Crippen molar-refractivity contribution in [1.29, 1.82) is 0 Å². The van der Waals surface area contributed by atoms with E-state index < -0.39 is 5.69 Å². The highest BCUT2D eigenvalue weighted by Gasteiger charge is 2.28. The fourth-order valence-corrected chi connectivity index (χ4v) is 6.08. The summed E-state index contributed by atoms with van der Waals surface area (Å²) in [5.41, 5.74) is 1.89. The standard InChI is InChI=1S/C26H32N8O3S/c1-2-16(14-33-9-3-4-10-33)29-25(36)21-8-7-20(38-21)18-12-22(28-17-5-6-17)34-23(30-18)15(13-27-34)11-19-24(35)32-26(37)31-19/h8,11-13,16-17,20,35H,2-7,9-10,14H2,1H3,(H,29,36)(H2,31,32,37). The van der Waals surface area contributed by atoms with Crippen LogP contribution >= 0.6 is 11.8 Å². The Morgan fingerprint density at radius 1 is 1.34 bits per heavy atom. The van der Waals surface area contributed by atoms with E-state index in [0.29, 0.717) is 22.8 Å². The molecular weight excluding hydrogens is 504 g/mol. The predicted octanol–water partition coefficient (Wildman–Crippen LogP) is 1.11. The highest BCUT2D eigenvalue weighted by Crippen LogP contribution is 2.42. The van der Waals surface area contributed by atoms with Crippen molar-refractivity contribution >= 4 is 29.4 Å². The monoisotopic (exact) mass is 536 g/mol. The fraction of sp³-hybridized carbons (Fsp3) is 0.500. The number of nitrogens with one attached hydrogen (secondary N) is 3. The minimum atomic E-state index is -0.492. The molecule has 5 heterocycles. The molecule has 6 rings (SSSR count). The Kier molecular flexibility index (Phi) is 6.83. The summed E-state index contributed by atoms with van der Waals surface area (Å²) >= 11 is 1.54. The van der Waals surface area contributed by atoms with Crippen molar-refractivity contribution in [3.8, 4) is 5.88 Å². The quantitative estimate of drug-likeness (QED) is 0.338. The Hall–Kier alpha value is -3.38. The molecular formula is C26H32N8O3S. The molecule has 1 amide bonds. The number of aromatic hydroxyl groups is 1. The van der Waals surface area contributed by atoms with E-state index in [1.807, 2.05) is 12.1 Å². The number of carbonyl (C=O) groups is 1. The van der Waals surface area contributed by atoms with Gasteiger partial charge in [-0.25, -0.2) is 9.78 Å². The van der Waals surface area contributed by atoms with E-state index in [4.69, 9.17) is 9.98 Å². The average Bonchev–Trinajstić information content (AvgIpc) is 3.32. The number of carbonyl (C=O) groups excluding carboxylic acids is 1. The zero-order valence-electron chi connectivity index (χ0n) is 21.3. The van der Waals surface area contributed by atoms with Crippen LogP contribution in [0.2, 0.25) is 0 Å². The van der Waals surface area contributed by atoms with E-state index in [0.717, 1.165) is 49.5 Å². The summed E-state index contributed by atoms with van der Waals surface area (Å²) in [7, 11) is 0. The Morgan fingerprint density at radius 2 is 2.16 bits per heavy atom. The number of amides is 1. The van der Waals surface area contributed by atoms with Crippen molar-refractivity contribution in [2.24, 2.45) is 4.99 Å². The van der Waals surface area contributed by atoms with Gasteiger partial charge in [0.2, 0.25) is 5.88 Å². The van der Waals surface area contributed by atoms with Crippen LogP contribution in [0.25, 0.3) is 11.7 Å². The van der Waals surface area contributed by atoms with E-state index in [1.165, 1.54) is 24.6 Å². The van der Waals surface area contributed by atoms with Crippen LogP contribution in [-0.4, -0.2) is 72.2 Å². The fourth-order valence-electron chi connectivity index (χ4n) is 4.98. The van der Waals surface area contributed by atoms with Crippen LogP contribution in [0.1, 0.15) is 62.1 Å². The molecule has 200 valence electrons. The summed E-state index contributed by atoms with van der Waals surface area (Å²) in [4.78, 5) is 42.5. The molecule has 1 saturated carbocycles. The lowest BCUT2D eigenvalue weighted by molar-refractivity contribution is -0.117. The molecule has 3 aliphatic rings.